The Balaban J connectivity index is 3.03. The normalized spacial score (nSPS) is 14.6. The smallest absolute Gasteiger partial charge is 0.0499 e. The van der Waals surface area contributed by atoms with Gasteiger partial charge >= 0.3 is 0 Å². The monoisotopic (exact) mass is 290 g/mol. The zero-order valence-electron chi connectivity index (χ0n) is 9.75. The van der Waals surface area contributed by atoms with Crippen LogP contribution in [0.5, 0.6) is 0 Å². The van der Waals surface area contributed by atoms with Gasteiger partial charge in [0.2, 0.25) is 0 Å². The van der Waals surface area contributed by atoms with Gasteiger partial charge in [-0.1, -0.05) is 13.8 Å². The van der Waals surface area contributed by atoms with Crippen LogP contribution < -0.4 is 5.73 Å². The molecule has 4 heteroatoms. The Morgan fingerprint density at radius 2 is 2.13 bits per heavy atom. The van der Waals surface area contributed by atoms with Crippen LogP contribution in [0, 0.1) is 5.41 Å². The van der Waals surface area contributed by atoms with Gasteiger partial charge in [0.15, 0.2) is 0 Å². The van der Waals surface area contributed by atoms with Crippen LogP contribution in [0.3, 0.4) is 0 Å². The fourth-order valence-electron chi connectivity index (χ4n) is 1.92. The molecule has 1 aromatic heterocycles. The molecule has 2 nitrogen and oxygen atoms in total. The average Bonchev–Trinajstić information content (AvgIpc) is 2.51. The van der Waals surface area contributed by atoms with Gasteiger partial charge in [-0.05, 0) is 48.1 Å². The second-order valence-corrected chi connectivity index (χ2v) is 6.58. The average molecular weight is 291 g/mol. The summed E-state index contributed by atoms with van der Waals surface area (Å²) in [7, 11) is 4.21. The molecule has 86 valence electrons. The fourth-order valence-corrected chi connectivity index (χ4v) is 3.77. The first-order valence-electron chi connectivity index (χ1n) is 4.99. The van der Waals surface area contributed by atoms with E-state index in [0.717, 1.165) is 4.47 Å². The van der Waals surface area contributed by atoms with E-state index in [1.807, 2.05) is 0 Å². The number of thiophene rings is 1. The van der Waals surface area contributed by atoms with E-state index in [1.54, 1.807) is 11.3 Å². The summed E-state index contributed by atoms with van der Waals surface area (Å²) >= 11 is 5.28. The minimum atomic E-state index is 0.0911. The number of nitrogens with two attached hydrogens (primary N) is 1. The van der Waals surface area contributed by atoms with Gasteiger partial charge in [0, 0.05) is 20.8 Å². The second-order valence-electron chi connectivity index (χ2n) is 4.73. The molecule has 0 bridgehead atoms. The molecular weight excluding hydrogens is 272 g/mol. The fraction of sp³-hybridized carbons (Fsp3) is 0.636. The number of hydrogen-bond donors (Lipinski definition) is 1. The highest BCUT2D eigenvalue weighted by molar-refractivity contribution is 9.10. The maximum Gasteiger partial charge on any atom is 0.0499 e. The molecule has 15 heavy (non-hydrogen) atoms. The van der Waals surface area contributed by atoms with Gasteiger partial charge in [-0.25, -0.2) is 0 Å². The summed E-state index contributed by atoms with van der Waals surface area (Å²) in [4.78, 5) is 3.60. The molecule has 0 amide bonds. The zero-order chi connectivity index (χ0) is 11.6. The predicted octanol–water partition coefficient (Wildman–Crippen LogP) is 3.10. The molecule has 1 atom stereocenters. The van der Waals surface area contributed by atoms with Crippen LogP contribution in [0.1, 0.15) is 24.8 Å². The van der Waals surface area contributed by atoms with Gasteiger partial charge < -0.3 is 10.6 Å². The SMILES string of the molecule is CN(C)C(c1cc(Br)cs1)C(C)(C)CN. The van der Waals surface area contributed by atoms with Crippen molar-refractivity contribution < 1.29 is 0 Å². The molecule has 0 aliphatic heterocycles. The van der Waals surface area contributed by atoms with Crippen LogP contribution in [-0.4, -0.2) is 25.5 Å². The van der Waals surface area contributed by atoms with Gasteiger partial charge in [0.05, 0.1) is 0 Å². The van der Waals surface area contributed by atoms with Crippen LogP contribution in [-0.2, 0) is 0 Å². The van der Waals surface area contributed by atoms with E-state index < -0.39 is 0 Å². The Labute approximate surface area is 105 Å². The number of hydrogen-bond acceptors (Lipinski definition) is 3. The Morgan fingerprint density at radius 1 is 1.53 bits per heavy atom. The van der Waals surface area contributed by atoms with Crippen LogP contribution in [0.25, 0.3) is 0 Å². The molecule has 0 aromatic carbocycles. The molecule has 0 aliphatic carbocycles. The van der Waals surface area contributed by atoms with Crippen molar-refractivity contribution in [2.75, 3.05) is 20.6 Å². The number of halogens is 1. The molecule has 2 N–H and O–H groups in total. The van der Waals surface area contributed by atoms with Crippen LogP contribution in [0.2, 0.25) is 0 Å². The van der Waals surface area contributed by atoms with Crippen LogP contribution in [0.15, 0.2) is 15.9 Å². The lowest BCUT2D eigenvalue weighted by Gasteiger charge is -2.37. The Morgan fingerprint density at radius 3 is 2.47 bits per heavy atom. The third kappa shape index (κ3) is 3.03. The van der Waals surface area contributed by atoms with Crippen molar-refractivity contribution in [3.05, 3.63) is 20.8 Å². The van der Waals surface area contributed by atoms with E-state index in [9.17, 15) is 0 Å². The first kappa shape index (κ1) is 13.2. The number of rotatable bonds is 4. The van der Waals surface area contributed by atoms with Gasteiger partial charge in [0.25, 0.3) is 0 Å². The number of nitrogens with zero attached hydrogens (tertiary/aromatic N) is 1. The second kappa shape index (κ2) is 4.95. The predicted molar refractivity (Wildman–Crippen MR) is 71.3 cm³/mol. The Kier molecular flexibility index (Phi) is 4.35. The minimum Gasteiger partial charge on any atom is -0.330 e. The molecule has 0 aliphatic rings. The highest BCUT2D eigenvalue weighted by atomic mass is 79.9. The molecule has 0 saturated carbocycles. The third-order valence-corrected chi connectivity index (χ3v) is 4.39. The van der Waals surface area contributed by atoms with Crippen molar-refractivity contribution in [3.63, 3.8) is 0 Å². The molecule has 1 rings (SSSR count). The first-order valence-corrected chi connectivity index (χ1v) is 6.66. The highest BCUT2D eigenvalue weighted by Crippen LogP contribution is 2.39. The van der Waals surface area contributed by atoms with Crippen molar-refractivity contribution in [2.45, 2.75) is 19.9 Å². The van der Waals surface area contributed by atoms with Gasteiger partial charge in [-0.2, -0.15) is 0 Å². The molecular formula is C11H19BrN2S. The summed E-state index contributed by atoms with van der Waals surface area (Å²) in [6, 6.07) is 2.56. The summed E-state index contributed by atoms with van der Waals surface area (Å²) in [6.45, 7) is 5.11. The lowest BCUT2D eigenvalue weighted by Crippen LogP contribution is -2.38. The van der Waals surface area contributed by atoms with E-state index in [1.165, 1.54) is 4.88 Å². The van der Waals surface area contributed by atoms with Crippen molar-refractivity contribution >= 4 is 27.3 Å². The quantitative estimate of drug-likeness (QED) is 0.923. The summed E-state index contributed by atoms with van der Waals surface area (Å²) in [5.41, 5.74) is 5.95. The lowest BCUT2D eigenvalue weighted by atomic mass is 9.83. The lowest BCUT2D eigenvalue weighted by molar-refractivity contribution is 0.146. The minimum absolute atomic E-state index is 0.0911. The molecule has 1 heterocycles. The van der Waals surface area contributed by atoms with E-state index in [4.69, 9.17) is 5.73 Å². The zero-order valence-corrected chi connectivity index (χ0v) is 12.2. The van der Waals surface area contributed by atoms with Gasteiger partial charge in [-0.3, -0.25) is 0 Å². The summed E-state index contributed by atoms with van der Waals surface area (Å²) in [6.07, 6.45) is 0. The van der Waals surface area contributed by atoms with E-state index >= 15 is 0 Å². The topological polar surface area (TPSA) is 29.3 Å². The molecule has 0 fully saturated rings. The van der Waals surface area contributed by atoms with Crippen LogP contribution >= 0.6 is 27.3 Å². The van der Waals surface area contributed by atoms with Crippen molar-refractivity contribution in [1.29, 1.82) is 0 Å². The van der Waals surface area contributed by atoms with Crippen molar-refractivity contribution in [1.82, 2.24) is 4.90 Å². The van der Waals surface area contributed by atoms with E-state index in [0.29, 0.717) is 12.6 Å². The molecule has 0 radical (unpaired) electrons. The largest absolute Gasteiger partial charge is 0.330 e. The summed E-state index contributed by atoms with van der Waals surface area (Å²) in [5, 5.41) is 2.12. The molecule has 0 saturated heterocycles. The van der Waals surface area contributed by atoms with E-state index in [2.05, 4.69) is 60.2 Å². The summed E-state index contributed by atoms with van der Waals surface area (Å²) in [5.74, 6) is 0. The maximum atomic E-state index is 5.86. The van der Waals surface area contributed by atoms with Crippen molar-refractivity contribution in [2.24, 2.45) is 11.1 Å². The standard InChI is InChI=1S/C11H19BrN2S/c1-11(2,7-13)10(14(3)4)9-5-8(12)6-15-9/h5-6,10H,7,13H2,1-4H3. The molecule has 1 aromatic rings. The van der Waals surface area contributed by atoms with Gasteiger partial charge in [0.1, 0.15) is 0 Å². The maximum absolute atomic E-state index is 5.86. The highest BCUT2D eigenvalue weighted by Gasteiger charge is 2.32. The third-order valence-electron chi connectivity index (χ3n) is 2.64. The Hall–Kier alpha value is 0.1000. The first-order chi connectivity index (χ1) is 6.88. The summed E-state index contributed by atoms with van der Waals surface area (Å²) < 4.78 is 1.15. The van der Waals surface area contributed by atoms with E-state index in [-0.39, 0.29) is 5.41 Å². The van der Waals surface area contributed by atoms with Crippen LogP contribution in [0.4, 0.5) is 0 Å². The van der Waals surface area contributed by atoms with Crippen molar-refractivity contribution in [3.8, 4) is 0 Å². The molecule has 1 unspecified atom stereocenters. The molecule has 0 spiro atoms. The Bertz CT molecular complexity index is 320. The van der Waals surface area contributed by atoms with Gasteiger partial charge in [-0.15, -0.1) is 11.3 Å².